The second-order valence-electron chi connectivity index (χ2n) is 10.7. The van der Waals surface area contributed by atoms with Crippen molar-refractivity contribution in [1.29, 1.82) is 0 Å². The van der Waals surface area contributed by atoms with Gasteiger partial charge in [0.15, 0.2) is 5.13 Å². The molecular formula is C30H33FN4O4S. The van der Waals surface area contributed by atoms with Gasteiger partial charge >= 0.3 is 5.97 Å². The van der Waals surface area contributed by atoms with Gasteiger partial charge < -0.3 is 5.11 Å². The molecule has 210 valence electrons. The molecule has 0 unspecified atom stereocenters. The molecular weight excluding hydrogens is 531 g/mol. The molecule has 1 N–H and O–H groups in total. The van der Waals surface area contributed by atoms with E-state index in [0.717, 1.165) is 61.0 Å². The zero-order valence-corrected chi connectivity index (χ0v) is 23.3. The lowest BCUT2D eigenvalue weighted by Crippen LogP contribution is -2.35. The summed E-state index contributed by atoms with van der Waals surface area (Å²) in [6, 6.07) is 10.9. The Morgan fingerprint density at radius 1 is 1.12 bits per heavy atom. The number of rotatable bonds is 9. The van der Waals surface area contributed by atoms with Crippen LogP contribution in [0.4, 0.5) is 15.3 Å². The highest BCUT2D eigenvalue weighted by Gasteiger charge is 2.31. The summed E-state index contributed by atoms with van der Waals surface area (Å²) in [6.45, 7) is 0.648. The summed E-state index contributed by atoms with van der Waals surface area (Å²) in [5, 5.41) is 9.09. The molecule has 3 aromatic rings. The van der Waals surface area contributed by atoms with Crippen LogP contribution >= 0.6 is 11.3 Å². The van der Waals surface area contributed by atoms with Crippen molar-refractivity contribution in [3.05, 3.63) is 47.7 Å². The van der Waals surface area contributed by atoms with Crippen LogP contribution in [-0.4, -0.2) is 46.5 Å². The fourth-order valence-corrected chi connectivity index (χ4v) is 6.57. The number of aromatic nitrogens is 2. The lowest BCUT2D eigenvalue weighted by atomic mass is 9.90. The van der Waals surface area contributed by atoms with Gasteiger partial charge in [-0.3, -0.25) is 24.2 Å². The van der Waals surface area contributed by atoms with Crippen LogP contribution in [-0.2, 0) is 14.4 Å². The monoisotopic (exact) mass is 564 g/mol. The Morgan fingerprint density at radius 2 is 1.88 bits per heavy atom. The van der Waals surface area contributed by atoms with E-state index in [1.807, 2.05) is 18.2 Å². The number of hydrogen-bond donors (Lipinski definition) is 1. The van der Waals surface area contributed by atoms with Crippen molar-refractivity contribution >= 4 is 40.1 Å². The SMILES string of the molecule is CN(C(=O)[C@@H](CC(=O)O)CC1CCCC1)c1nc(-c2ccccc2-c2ccc(N3CCCCC3=O)nc2)c(F)s1. The molecule has 1 saturated carbocycles. The quantitative estimate of drug-likeness (QED) is 0.334. The summed E-state index contributed by atoms with van der Waals surface area (Å²) >= 11 is 0.770. The molecule has 8 nitrogen and oxygen atoms in total. The van der Waals surface area contributed by atoms with Crippen molar-refractivity contribution in [3.8, 4) is 22.4 Å². The normalized spacial score (nSPS) is 16.8. The van der Waals surface area contributed by atoms with Gasteiger partial charge in [0.2, 0.25) is 16.9 Å². The molecule has 0 bridgehead atoms. The zero-order valence-electron chi connectivity index (χ0n) is 22.5. The maximum atomic E-state index is 15.4. The second-order valence-corrected chi connectivity index (χ2v) is 11.6. The number of carbonyl (C=O) groups excluding carboxylic acids is 2. The number of carboxylic acids is 1. The van der Waals surface area contributed by atoms with Gasteiger partial charge in [-0.15, -0.1) is 0 Å². The summed E-state index contributed by atoms with van der Waals surface area (Å²) in [6.07, 6.45) is 8.51. The van der Waals surface area contributed by atoms with Crippen molar-refractivity contribution in [3.63, 3.8) is 0 Å². The minimum atomic E-state index is -1.02. The lowest BCUT2D eigenvalue weighted by molar-refractivity contribution is -0.140. The number of hydrogen-bond acceptors (Lipinski definition) is 6. The largest absolute Gasteiger partial charge is 0.481 e. The number of piperidine rings is 1. The number of nitrogens with zero attached hydrogens (tertiary/aromatic N) is 4. The summed E-state index contributed by atoms with van der Waals surface area (Å²) in [5.74, 6) is -1.04. The Labute approximate surface area is 236 Å². The molecule has 2 aliphatic rings. The molecule has 1 aromatic carbocycles. The Kier molecular flexibility index (Phi) is 8.54. The predicted molar refractivity (Wildman–Crippen MR) is 153 cm³/mol. The number of pyridine rings is 1. The Hall–Kier alpha value is -3.66. The Balaban J connectivity index is 1.39. The number of anilines is 2. The van der Waals surface area contributed by atoms with Crippen LogP contribution in [0.3, 0.4) is 0 Å². The average Bonchev–Trinajstić information content (AvgIpc) is 3.61. The topological polar surface area (TPSA) is 104 Å². The van der Waals surface area contributed by atoms with E-state index in [4.69, 9.17) is 0 Å². The van der Waals surface area contributed by atoms with E-state index in [2.05, 4.69) is 9.97 Å². The van der Waals surface area contributed by atoms with Gasteiger partial charge in [-0.05, 0) is 42.9 Å². The summed E-state index contributed by atoms with van der Waals surface area (Å²) in [5.41, 5.74) is 2.15. The van der Waals surface area contributed by atoms with Crippen LogP contribution in [0.15, 0.2) is 42.6 Å². The Morgan fingerprint density at radius 3 is 2.55 bits per heavy atom. The van der Waals surface area contributed by atoms with Crippen LogP contribution in [0.1, 0.15) is 57.8 Å². The van der Waals surface area contributed by atoms with E-state index in [-0.39, 0.29) is 29.1 Å². The van der Waals surface area contributed by atoms with Gasteiger partial charge in [0.05, 0.1) is 6.42 Å². The van der Waals surface area contributed by atoms with Gasteiger partial charge in [-0.1, -0.05) is 61.3 Å². The molecule has 1 atom stereocenters. The van der Waals surface area contributed by atoms with Crippen molar-refractivity contribution in [2.24, 2.45) is 11.8 Å². The van der Waals surface area contributed by atoms with Crippen LogP contribution in [0.2, 0.25) is 0 Å². The standard InChI is InChI=1S/C30H33FN4O4S/c1-34(29(39)21(17-26(37)38)16-19-8-2-3-9-19)30-33-27(28(31)40-30)23-11-5-4-10-22(23)20-13-14-24(32-18-20)35-15-7-6-12-25(35)36/h4-5,10-11,13-14,18-19,21H,2-3,6-9,12,15-17H2,1H3,(H,37,38)/t21-/m1/s1. The zero-order chi connectivity index (χ0) is 28.2. The van der Waals surface area contributed by atoms with E-state index < -0.39 is 17.0 Å². The summed E-state index contributed by atoms with van der Waals surface area (Å²) in [4.78, 5) is 49.2. The van der Waals surface area contributed by atoms with Crippen molar-refractivity contribution < 1.29 is 23.9 Å². The van der Waals surface area contributed by atoms with Crippen LogP contribution in [0, 0.1) is 17.0 Å². The highest BCUT2D eigenvalue weighted by atomic mass is 32.1. The van der Waals surface area contributed by atoms with Crippen LogP contribution in [0.5, 0.6) is 0 Å². The fraction of sp³-hybridized carbons (Fsp3) is 0.433. The van der Waals surface area contributed by atoms with E-state index in [0.29, 0.717) is 36.7 Å². The molecule has 2 fully saturated rings. The van der Waals surface area contributed by atoms with E-state index in [9.17, 15) is 19.5 Å². The first kappa shape index (κ1) is 27.9. The first-order valence-electron chi connectivity index (χ1n) is 13.8. The highest BCUT2D eigenvalue weighted by Crippen LogP contribution is 2.38. The number of halogens is 1. The molecule has 10 heteroatoms. The molecule has 0 radical (unpaired) electrons. The Bertz CT molecular complexity index is 1390. The predicted octanol–water partition coefficient (Wildman–Crippen LogP) is 6.16. The van der Waals surface area contributed by atoms with E-state index in [1.165, 1.54) is 11.9 Å². The molecule has 2 amide bonds. The number of thiazole rings is 1. The van der Waals surface area contributed by atoms with Gasteiger partial charge in [0, 0.05) is 43.3 Å². The average molecular weight is 565 g/mol. The first-order chi connectivity index (χ1) is 19.3. The number of carbonyl (C=O) groups is 3. The molecule has 5 rings (SSSR count). The number of benzene rings is 1. The van der Waals surface area contributed by atoms with Gasteiger partial charge in [-0.25, -0.2) is 9.97 Å². The van der Waals surface area contributed by atoms with Crippen LogP contribution < -0.4 is 9.80 Å². The molecule has 1 aliphatic carbocycles. The molecule has 0 spiro atoms. The molecule has 2 aromatic heterocycles. The second kappa shape index (κ2) is 12.2. The highest BCUT2D eigenvalue weighted by molar-refractivity contribution is 7.14. The molecule has 1 aliphatic heterocycles. The first-order valence-corrected chi connectivity index (χ1v) is 14.7. The van der Waals surface area contributed by atoms with Crippen molar-refractivity contribution in [1.82, 2.24) is 9.97 Å². The maximum absolute atomic E-state index is 15.4. The number of amides is 2. The van der Waals surface area contributed by atoms with Crippen molar-refractivity contribution in [2.45, 2.75) is 57.8 Å². The van der Waals surface area contributed by atoms with Gasteiger partial charge in [0.25, 0.3) is 0 Å². The third-order valence-corrected chi connectivity index (χ3v) is 8.82. The van der Waals surface area contributed by atoms with E-state index >= 15 is 4.39 Å². The minimum absolute atomic E-state index is 0.0662. The molecule has 3 heterocycles. The number of carboxylic acid groups (broad SMARTS) is 1. The fourth-order valence-electron chi connectivity index (χ4n) is 5.79. The summed E-state index contributed by atoms with van der Waals surface area (Å²) < 4.78 is 15.4. The van der Waals surface area contributed by atoms with Gasteiger partial charge in [0.1, 0.15) is 11.5 Å². The maximum Gasteiger partial charge on any atom is 0.304 e. The van der Waals surface area contributed by atoms with Gasteiger partial charge in [-0.2, -0.15) is 4.39 Å². The van der Waals surface area contributed by atoms with E-state index in [1.54, 1.807) is 29.3 Å². The third-order valence-electron chi connectivity index (χ3n) is 7.90. The molecule has 40 heavy (non-hydrogen) atoms. The van der Waals surface area contributed by atoms with Crippen LogP contribution in [0.25, 0.3) is 22.4 Å². The number of aliphatic carboxylic acids is 1. The third kappa shape index (κ3) is 6.06. The smallest absolute Gasteiger partial charge is 0.304 e. The molecule has 1 saturated heterocycles. The van der Waals surface area contributed by atoms with Crippen molar-refractivity contribution in [2.75, 3.05) is 23.4 Å². The lowest BCUT2D eigenvalue weighted by Gasteiger charge is -2.25. The summed E-state index contributed by atoms with van der Waals surface area (Å²) in [7, 11) is 1.53. The minimum Gasteiger partial charge on any atom is -0.481 e.